The van der Waals surface area contributed by atoms with E-state index in [0.717, 1.165) is 11.1 Å². The minimum atomic E-state index is 0.116. The standard InChI is InChI=1S/C22H19Cl6NO3/c1-14(29-32-11-8-21(27)28)17-5-3-2-4-15(17)6-9-31-22-18(23)12-16(13-19(22)24)30-10-7-20(25)26/h2-5,7-8,12-13H,6,9-11H2,1H3/b29-14+. The predicted octanol–water partition coefficient (Wildman–Crippen LogP) is 8.37. The van der Waals surface area contributed by atoms with Gasteiger partial charge in [-0.05, 0) is 24.6 Å². The summed E-state index contributed by atoms with van der Waals surface area (Å²) in [5.74, 6) is 0.850. The van der Waals surface area contributed by atoms with Gasteiger partial charge >= 0.3 is 0 Å². The van der Waals surface area contributed by atoms with E-state index >= 15 is 0 Å². The summed E-state index contributed by atoms with van der Waals surface area (Å²) in [6, 6.07) is 11.0. The molecule has 0 saturated carbocycles. The third-order valence-corrected chi connectivity index (χ3v) is 5.18. The van der Waals surface area contributed by atoms with Crippen LogP contribution in [0, 0.1) is 0 Å². The van der Waals surface area contributed by atoms with Crippen LogP contribution in [0.4, 0.5) is 0 Å². The Morgan fingerprint density at radius 2 is 1.53 bits per heavy atom. The normalized spacial score (nSPS) is 11.0. The summed E-state index contributed by atoms with van der Waals surface area (Å²) in [5.41, 5.74) is 2.67. The maximum absolute atomic E-state index is 6.32. The van der Waals surface area contributed by atoms with Gasteiger partial charge < -0.3 is 14.3 Å². The molecule has 0 aliphatic heterocycles. The van der Waals surface area contributed by atoms with Crippen LogP contribution in [0.1, 0.15) is 18.1 Å². The zero-order valence-corrected chi connectivity index (χ0v) is 21.4. The number of rotatable bonds is 11. The summed E-state index contributed by atoms with van der Waals surface area (Å²) in [6.45, 7) is 2.56. The van der Waals surface area contributed by atoms with Gasteiger partial charge in [0, 0.05) is 24.1 Å². The lowest BCUT2D eigenvalue weighted by Gasteiger charge is -2.13. The Morgan fingerprint density at radius 1 is 0.906 bits per heavy atom. The number of nitrogens with zero attached hydrogens (tertiary/aromatic N) is 1. The molecule has 2 rings (SSSR count). The quantitative estimate of drug-likeness (QED) is 0.158. The van der Waals surface area contributed by atoms with Gasteiger partial charge in [0.15, 0.2) is 5.75 Å². The van der Waals surface area contributed by atoms with Gasteiger partial charge in [0.05, 0.1) is 22.4 Å². The number of benzene rings is 2. The summed E-state index contributed by atoms with van der Waals surface area (Å²) >= 11 is 34.9. The van der Waals surface area contributed by atoms with Crippen LogP contribution < -0.4 is 9.47 Å². The van der Waals surface area contributed by atoms with E-state index in [1.807, 2.05) is 31.2 Å². The van der Waals surface area contributed by atoms with E-state index in [9.17, 15) is 0 Å². The Labute approximate surface area is 217 Å². The summed E-state index contributed by atoms with van der Waals surface area (Å²) in [7, 11) is 0. The van der Waals surface area contributed by atoms with Gasteiger partial charge in [-0.2, -0.15) is 0 Å². The van der Waals surface area contributed by atoms with Gasteiger partial charge in [-0.1, -0.05) is 99.0 Å². The first-order chi connectivity index (χ1) is 15.3. The van der Waals surface area contributed by atoms with Gasteiger partial charge in [0.2, 0.25) is 0 Å². The SMILES string of the molecule is C/C(=N\OCC=C(Cl)Cl)c1ccccc1CCOc1c(Cl)cc(OCC=C(Cl)Cl)cc1Cl. The van der Waals surface area contributed by atoms with Crippen molar-refractivity contribution in [2.75, 3.05) is 19.8 Å². The highest BCUT2D eigenvalue weighted by Crippen LogP contribution is 2.37. The van der Waals surface area contributed by atoms with Gasteiger partial charge in [0.1, 0.15) is 27.9 Å². The maximum Gasteiger partial charge on any atom is 0.156 e. The lowest BCUT2D eigenvalue weighted by molar-refractivity contribution is 0.174. The van der Waals surface area contributed by atoms with Crippen LogP contribution >= 0.6 is 69.6 Å². The number of oxime groups is 1. The minimum Gasteiger partial charge on any atom is -0.490 e. The maximum atomic E-state index is 6.32. The monoisotopic (exact) mass is 555 g/mol. The average Bonchev–Trinajstić information content (AvgIpc) is 2.73. The van der Waals surface area contributed by atoms with E-state index in [1.165, 1.54) is 12.2 Å². The smallest absolute Gasteiger partial charge is 0.156 e. The van der Waals surface area contributed by atoms with E-state index in [4.69, 9.17) is 83.9 Å². The minimum absolute atomic E-state index is 0.116. The van der Waals surface area contributed by atoms with Crippen LogP contribution in [-0.4, -0.2) is 25.5 Å². The molecule has 4 nitrogen and oxygen atoms in total. The Hall–Kier alpha value is -1.27. The molecular weight excluding hydrogens is 539 g/mol. The highest BCUT2D eigenvalue weighted by atomic mass is 35.5. The summed E-state index contributed by atoms with van der Waals surface area (Å²) in [5, 5.41) is 4.77. The van der Waals surface area contributed by atoms with Crippen molar-refractivity contribution in [3.05, 3.63) is 78.7 Å². The summed E-state index contributed by atoms with van der Waals surface area (Å²) in [4.78, 5) is 5.22. The fourth-order valence-electron chi connectivity index (χ4n) is 2.60. The molecular formula is C22H19Cl6NO3. The molecule has 0 aromatic heterocycles. The Kier molecular flexibility index (Phi) is 11.9. The Balaban J connectivity index is 2.01. The average molecular weight is 558 g/mol. The number of hydrogen-bond acceptors (Lipinski definition) is 4. The fraction of sp³-hybridized carbons (Fsp3) is 0.227. The first-order valence-corrected chi connectivity index (χ1v) is 11.6. The zero-order chi connectivity index (χ0) is 23.5. The predicted molar refractivity (Wildman–Crippen MR) is 135 cm³/mol. The lowest BCUT2D eigenvalue weighted by Crippen LogP contribution is -2.07. The zero-order valence-electron chi connectivity index (χ0n) is 16.9. The topological polar surface area (TPSA) is 40.0 Å². The molecule has 0 fully saturated rings. The van der Waals surface area contributed by atoms with E-state index in [1.54, 1.807) is 12.1 Å². The molecule has 0 saturated heterocycles. The molecule has 0 bridgehead atoms. The molecule has 0 heterocycles. The van der Waals surface area contributed by atoms with E-state index < -0.39 is 0 Å². The first kappa shape index (κ1) is 27.0. The summed E-state index contributed by atoms with van der Waals surface area (Å²) < 4.78 is 11.6. The number of halogens is 6. The van der Waals surface area contributed by atoms with Crippen LogP contribution in [0.5, 0.6) is 11.5 Å². The van der Waals surface area contributed by atoms with Crippen molar-refractivity contribution in [3.63, 3.8) is 0 Å². The summed E-state index contributed by atoms with van der Waals surface area (Å²) in [6.07, 6.45) is 3.61. The number of ether oxygens (including phenoxy) is 2. The van der Waals surface area contributed by atoms with Gasteiger partial charge in [0.25, 0.3) is 0 Å². The molecule has 0 aliphatic rings. The molecule has 2 aromatic carbocycles. The van der Waals surface area contributed by atoms with Crippen molar-refractivity contribution in [2.24, 2.45) is 5.16 Å². The highest BCUT2D eigenvalue weighted by Gasteiger charge is 2.12. The van der Waals surface area contributed by atoms with Gasteiger partial charge in [-0.25, -0.2) is 0 Å². The van der Waals surface area contributed by atoms with Crippen LogP contribution in [-0.2, 0) is 11.3 Å². The molecule has 0 radical (unpaired) electrons. The third-order valence-electron chi connectivity index (χ3n) is 4.00. The fourth-order valence-corrected chi connectivity index (χ4v) is 3.42. The van der Waals surface area contributed by atoms with Crippen molar-refractivity contribution in [1.82, 2.24) is 0 Å². The Morgan fingerprint density at radius 3 is 2.19 bits per heavy atom. The third kappa shape index (κ3) is 9.30. The largest absolute Gasteiger partial charge is 0.490 e. The molecule has 32 heavy (non-hydrogen) atoms. The van der Waals surface area contributed by atoms with Crippen LogP contribution in [0.25, 0.3) is 0 Å². The number of hydrogen-bond donors (Lipinski definition) is 0. The molecule has 0 amide bonds. The molecule has 0 aliphatic carbocycles. The molecule has 0 atom stereocenters. The molecule has 2 aromatic rings. The van der Waals surface area contributed by atoms with Crippen molar-refractivity contribution in [3.8, 4) is 11.5 Å². The second-order valence-electron chi connectivity index (χ2n) is 6.24. The molecule has 0 N–H and O–H groups in total. The second-order valence-corrected chi connectivity index (χ2v) is 9.07. The van der Waals surface area contributed by atoms with Crippen LogP contribution in [0.2, 0.25) is 10.0 Å². The Bertz CT molecular complexity index is 976. The van der Waals surface area contributed by atoms with E-state index in [-0.39, 0.29) is 22.2 Å². The second kappa shape index (κ2) is 14.1. The van der Waals surface area contributed by atoms with Crippen molar-refractivity contribution >= 4 is 75.3 Å². The van der Waals surface area contributed by atoms with Gasteiger partial charge in [-0.3, -0.25) is 0 Å². The lowest BCUT2D eigenvalue weighted by atomic mass is 10.0. The van der Waals surface area contributed by atoms with E-state index in [0.29, 0.717) is 40.3 Å². The highest BCUT2D eigenvalue weighted by molar-refractivity contribution is 6.56. The van der Waals surface area contributed by atoms with Crippen molar-refractivity contribution < 1.29 is 14.3 Å². The molecule has 10 heteroatoms. The molecule has 172 valence electrons. The van der Waals surface area contributed by atoms with Crippen molar-refractivity contribution in [2.45, 2.75) is 13.3 Å². The first-order valence-electron chi connectivity index (χ1n) is 9.29. The van der Waals surface area contributed by atoms with Crippen molar-refractivity contribution in [1.29, 1.82) is 0 Å². The van der Waals surface area contributed by atoms with Gasteiger partial charge in [-0.15, -0.1) is 0 Å². The van der Waals surface area contributed by atoms with E-state index in [2.05, 4.69) is 5.16 Å². The van der Waals surface area contributed by atoms with Crippen LogP contribution in [0.3, 0.4) is 0 Å². The molecule has 0 spiro atoms. The molecule has 0 unspecified atom stereocenters. The van der Waals surface area contributed by atoms with Crippen LogP contribution in [0.15, 0.2) is 62.7 Å².